The number of alkyl halides is 1. The third-order valence-corrected chi connectivity index (χ3v) is 6.01. The molecule has 0 spiro atoms. The van der Waals surface area contributed by atoms with Crippen molar-refractivity contribution in [3.63, 3.8) is 0 Å². The summed E-state index contributed by atoms with van der Waals surface area (Å²) in [5, 5.41) is 0. The molecule has 0 aliphatic carbocycles. The predicted molar refractivity (Wildman–Crippen MR) is 76.8 cm³/mol. The topological polar surface area (TPSA) is 42.3 Å². The average molecular weight is 305 g/mol. The summed E-state index contributed by atoms with van der Waals surface area (Å²) < 4.78 is 28.6. The first-order chi connectivity index (χ1) is 9.02. The van der Waals surface area contributed by atoms with Crippen LogP contribution in [0.25, 0.3) is 0 Å². The van der Waals surface area contributed by atoms with Crippen LogP contribution in [-0.2, 0) is 22.4 Å². The van der Waals surface area contributed by atoms with Crippen LogP contribution in [0, 0.1) is 5.92 Å². The van der Waals surface area contributed by atoms with Crippen LogP contribution in [0.5, 0.6) is 0 Å². The van der Waals surface area contributed by atoms with Crippen molar-refractivity contribution in [3.05, 3.63) is 18.0 Å². The van der Waals surface area contributed by atoms with Gasteiger partial charge < -0.3 is 4.57 Å². The van der Waals surface area contributed by atoms with E-state index in [-0.39, 0.29) is 0 Å². The molecule has 1 saturated heterocycles. The van der Waals surface area contributed by atoms with E-state index in [9.17, 15) is 8.42 Å². The van der Waals surface area contributed by atoms with E-state index in [0.717, 1.165) is 25.1 Å². The normalized spacial score (nSPS) is 21.1. The maximum absolute atomic E-state index is 12.6. The van der Waals surface area contributed by atoms with Gasteiger partial charge in [0.1, 0.15) is 4.90 Å². The number of hydrogen-bond donors (Lipinski definition) is 0. The lowest BCUT2D eigenvalue weighted by Crippen LogP contribution is -2.28. The van der Waals surface area contributed by atoms with Crippen LogP contribution in [0.4, 0.5) is 0 Å². The van der Waals surface area contributed by atoms with Gasteiger partial charge in [-0.15, -0.1) is 11.6 Å². The summed E-state index contributed by atoms with van der Waals surface area (Å²) in [5.74, 6) is 0.830. The van der Waals surface area contributed by atoms with Crippen molar-refractivity contribution >= 4 is 21.6 Å². The van der Waals surface area contributed by atoms with Crippen molar-refractivity contribution in [2.45, 2.75) is 44.0 Å². The Bertz CT molecular complexity index is 517. The fourth-order valence-corrected chi connectivity index (χ4v) is 4.40. The summed E-state index contributed by atoms with van der Waals surface area (Å²) >= 11 is 5.85. The summed E-state index contributed by atoms with van der Waals surface area (Å²) in [6, 6.07) is 1.70. The van der Waals surface area contributed by atoms with Crippen LogP contribution in [0.2, 0.25) is 0 Å². The summed E-state index contributed by atoms with van der Waals surface area (Å²) in [5.41, 5.74) is 0.856. The molecule has 0 N–H and O–H groups in total. The number of rotatable bonds is 5. The highest BCUT2D eigenvalue weighted by Gasteiger charge is 2.32. The molecule has 1 aliphatic heterocycles. The van der Waals surface area contributed by atoms with E-state index < -0.39 is 10.0 Å². The molecular formula is C13H21ClN2O2S. The molecular weight excluding hydrogens is 284 g/mol. The Labute approximate surface area is 120 Å². The highest BCUT2D eigenvalue weighted by atomic mass is 35.5. The molecule has 0 radical (unpaired) electrons. The van der Waals surface area contributed by atoms with Gasteiger partial charge in [-0.05, 0) is 25.3 Å². The molecule has 1 fully saturated rings. The van der Waals surface area contributed by atoms with Crippen LogP contribution in [0.3, 0.4) is 0 Å². The molecule has 108 valence electrons. The number of hydrogen-bond acceptors (Lipinski definition) is 2. The second-order valence-corrected chi connectivity index (χ2v) is 7.22. The molecule has 4 nitrogen and oxygen atoms in total. The summed E-state index contributed by atoms with van der Waals surface area (Å²) in [6.07, 6.45) is 3.70. The molecule has 6 heteroatoms. The van der Waals surface area contributed by atoms with E-state index in [0.29, 0.717) is 29.8 Å². The predicted octanol–water partition coefficient (Wildman–Crippen LogP) is 2.67. The van der Waals surface area contributed by atoms with E-state index >= 15 is 0 Å². The third kappa shape index (κ3) is 2.83. The second-order valence-electron chi connectivity index (χ2n) is 5.01. The molecule has 2 rings (SSSR count). The Morgan fingerprint density at radius 1 is 1.42 bits per heavy atom. The molecule has 1 atom stereocenters. The zero-order chi connectivity index (χ0) is 14.0. The van der Waals surface area contributed by atoms with E-state index in [1.165, 1.54) is 0 Å². The minimum Gasteiger partial charge on any atom is -0.349 e. The lowest BCUT2D eigenvalue weighted by molar-refractivity contribution is 0.453. The molecule has 0 amide bonds. The lowest BCUT2D eigenvalue weighted by atomic mass is 10.1. The molecule has 2 heterocycles. The number of halogens is 1. The van der Waals surface area contributed by atoms with Crippen LogP contribution in [-0.4, -0.2) is 30.4 Å². The first-order valence-corrected chi connectivity index (χ1v) is 8.75. The van der Waals surface area contributed by atoms with Gasteiger partial charge in [0.15, 0.2) is 0 Å². The van der Waals surface area contributed by atoms with Gasteiger partial charge in [0.25, 0.3) is 0 Å². The number of sulfonamides is 1. The maximum Gasteiger partial charge on any atom is 0.244 e. The molecule has 0 aromatic carbocycles. The van der Waals surface area contributed by atoms with Gasteiger partial charge in [-0.2, -0.15) is 4.31 Å². The first kappa shape index (κ1) is 14.9. The van der Waals surface area contributed by atoms with Crippen LogP contribution in [0.1, 0.15) is 32.4 Å². The molecule has 1 aromatic heterocycles. The van der Waals surface area contributed by atoms with Crippen LogP contribution >= 0.6 is 11.6 Å². The van der Waals surface area contributed by atoms with Crippen molar-refractivity contribution < 1.29 is 8.42 Å². The van der Waals surface area contributed by atoms with Gasteiger partial charge >= 0.3 is 0 Å². The zero-order valence-corrected chi connectivity index (χ0v) is 13.0. The highest BCUT2D eigenvalue weighted by Crippen LogP contribution is 2.27. The van der Waals surface area contributed by atoms with Crippen molar-refractivity contribution in [1.29, 1.82) is 0 Å². The van der Waals surface area contributed by atoms with E-state index in [1.807, 2.05) is 11.5 Å². The molecule has 1 aliphatic rings. The van der Waals surface area contributed by atoms with Gasteiger partial charge in [-0.25, -0.2) is 8.42 Å². The Hall–Kier alpha value is -0.520. The Morgan fingerprint density at radius 3 is 2.63 bits per heavy atom. The Morgan fingerprint density at radius 2 is 2.16 bits per heavy atom. The third-order valence-electron chi connectivity index (χ3n) is 3.90. The van der Waals surface area contributed by atoms with Crippen molar-refractivity contribution in [2.75, 3.05) is 13.1 Å². The van der Waals surface area contributed by atoms with E-state index in [4.69, 9.17) is 11.6 Å². The second kappa shape index (κ2) is 5.85. The van der Waals surface area contributed by atoms with Gasteiger partial charge in [0, 0.05) is 31.5 Å². The molecule has 19 heavy (non-hydrogen) atoms. The van der Waals surface area contributed by atoms with Gasteiger partial charge in [0.2, 0.25) is 10.0 Å². The van der Waals surface area contributed by atoms with Crippen molar-refractivity contribution in [1.82, 2.24) is 8.87 Å². The van der Waals surface area contributed by atoms with Crippen molar-refractivity contribution in [3.8, 4) is 0 Å². The van der Waals surface area contributed by atoms with Gasteiger partial charge in [0.05, 0.1) is 5.88 Å². The zero-order valence-electron chi connectivity index (χ0n) is 11.5. The summed E-state index contributed by atoms with van der Waals surface area (Å²) in [4.78, 5) is 0.377. The molecule has 0 saturated carbocycles. The monoisotopic (exact) mass is 304 g/mol. The average Bonchev–Trinajstić information content (AvgIpc) is 3.05. The smallest absolute Gasteiger partial charge is 0.244 e. The van der Waals surface area contributed by atoms with Crippen LogP contribution in [0.15, 0.2) is 17.2 Å². The quantitative estimate of drug-likeness (QED) is 0.785. The van der Waals surface area contributed by atoms with Crippen LogP contribution < -0.4 is 0 Å². The number of nitrogens with zero attached hydrogens (tertiary/aromatic N) is 2. The molecule has 1 aromatic rings. The lowest BCUT2D eigenvalue weighted by Gasteiger charge is -2.15. The number of aryl methyl sites for hydroxylation is 1. The fourth-order valence-electron chi connectivity index (χ4n) is 2.57. The minimum atomic E-state index is -3.35. The maximum atomic E-state index is 12.6. The highest BCUT2D eigenvalue weighted by molar-refractivity contribution is 7.89. The summed E-state index contributed by atoms with van der Waals surface area (Å²) in [7, 11) is -3.35. The largest absolute Gasteiger partial charge is 0.349 e. The van der Waals surface area contributed by atoms with E-state index in [1.54, 1.807) is 16.6 Å². The standard InChI is InChI=1S/C13H21ClN2O2S/c1-3-11-5-6-16(9-11)19(17,18)13-7-12(8-14)15(4-2)10-13/h7,10-11H,3-6,8-9H2,1-2H3. The molecule has 0 bridgehead atoms. The van der Waals surface area contributed by atoms with Gasteiger partial charge in [-0.3, -0.25) is 0 Å². The Kier molecular flexibility index (Phi) is 4.58. The molecule has 1 unspecified atom stereocenters. The minimum absolute atomic E-state index is 0.334. The van der Waals surface area contributed by atoms with Crippen molar-refractivity contribution in [2.24, 2.45) is 5.92 Å². The van der Waals surface area contributed by atoms with Gasteiger partial charge in [-0.1, -0.05) is 13.3 Å². The summed E-state index contributed by atoms with van der Waals surface area (Å²) in [6.45, 7) is 6.10. The first-order valence-electron chi connectivity index (χ1n) is 6.78. The Balaban J connectivity index is 2.27. The van der Waals surface area contributed by atoms with E-state index in [2.05, 4.69) is 6.92 Å². The fraction of sp³-hybridized carbons (Fsp3) is 0.692. The SMILES string of the molecule is CCC1CCN(S(=O)(=O)c2cc(CCl)n(CC)c2)C1. The number of aromatic nitrogens is 1.